The van der Waals surface area contributed by atoms with Crippen LogP contribution in [0.2, 0.25) is 0 Å². The molecule has 3 N–H and O–H groups in total. The van der Waals surface area contributed by atoms with E-state index in [4.69, 9.17) is 10.5 Å². The minimum atomic E-state index is 0.0757. The molecule has 16 heavy (non-hydrogen) atoms. The molecule has 0 aliphatic carbocycles. The number of aromatic nitrogens is 2. The van der Waals surface area contributed by atoms with E-state index in [0.717, 1.165) is 0 Å². The van der Waals surface area contributed by atoms with Crippen molar-refractivity contribution in [3.05, 3.63) is 30.5 Å². The molecule has 1 aromatic carbocycles. The fraction of sp³-hybridized carbons (Fsp3) is 0.182. The Balaban J connectivity index is 2.30. The molecule has 2 aromatic rings. The molecule has 0 bridgehead atoms. The second kappa shape index (κ2) is 4.14. The van der Waals surface area contributed by atoms with Gasteiger partial charge in [-0.2, -0.15) is 4.98 Å². The number of nitrogens with two attached hydrogens (primary N) is 1. The van der Waals surface area contributed by atoms with Crippen molar-refractivity contribution >= 4 is 5.82 Å². The maximum atomic E-state index is 9.55. The van der Waals surface area contributed by atoms with Crippen LogP contribution in [0.15, 0.2) is 30.5 Å². The number of imidazole rings is 1. The van der Waals surface area contributed by atoms with Gasteiger partial charge in [0.05, 0.1) is 6.20 Å². The Kier molecular flexibility index (Phi) is 2.68. The van der Waals surface area contributed by atoms with Gasteiger partial charge in [0.15, 0.2) is 11.5 Å². The standard InChI is InChI=1S/C11H13N3O2/c1-2-14-7-10(12)13-11(14)16-9-6-4-3-5-8(9)15/h3-7,15H,2,12H2,1H3. The fourth-order valence-corrected chi connectivity index (χ4v) is 1.37. The predicted octanol–water partition coefficient (Wildman–Crippen LogP) is 1.98. The van der Waals surface area contributed by atoms with E-state index in [9.17, 15) is 5.11 Å². The van der Waals surface area contributed by atoms with Crippen LogP contribution in [-0.4, -0.2) is 14.7 Å². The van der Waals surface area contributed by atoms with Gasteiger partial charge in [-0.1, -0.05) is 12.1 Å². The Bertz CT molecular complexity index is 494. The molecule has 2 rings (SSSR count). The van der Waals surface area contributed by atoms with Crippen LogP contribution in [-0.2, 0) is 6.54 Å². The monoisotopic (exact) mass is 219 g/mol. The normalized spacial score (nSPS) is 10.3. The maximum absolute atomic E-state index is 9.55. The van der Waals surface area contributed by atoms with Crippen LogP contribution in [0.25, 0.3) is 0 Å². The third-order valence-electron chi connectivity index (χ3n) is 2.17. The number of hydrogen-bond donors (Lipinski definition) is 2. The molecule has 5 heteroatoms. The molecule has 0 spiro atoms. The van der Waals surface area contributed by atoms with E-state index >= 15 is 0 Å². The summed E-state index contributed by atoms with van der Waals surface area (Å²) in [6.45, 7) is 2.66. The minimum Gasteiger partial charge on any atom is -0.504 e. The molecule has 0 saturated heterocycles. The lowest BCUT2D eigenvalue weighted by Gasteiger charge is -2.07. The third kappa shape index (κ3) is 1.93. The molecule has 0 amide bonds. The lowest BCUT2D eigenvalue weighted by molar-refractivity contribution is 0.378. The number of nitrogen functional groups attached to an aromatic ring is 1. The summed E-state index contributed by atoms with van der Waals surface area (Å²) in [5.74, 6) is 0.835. The smallest absolute Gasteiger partial charge is 0.304 e. The molecular formula is C11H13N3O2. The number of aryl methyl sites for hydroxylation is 1. The van der Waals surface area contributed by atoms with Gasteiger partial charge >= 0.3 is 6.01 Å². The van der Waals surface area contributed by atoms with E-state index in [0.29, 0.717) is 24.1 Å². The second-order valence-electron chi connectivity index (χ2n) is 3.30. The summed E-state index contributed by atoms with van der Waals surface area (Å²) in [5, 5.41) is 9.55. The highest BCUT2D eigenvalue weighted by atomic mass is 16.5. The van der Waals surface area contributed by atoms with E-state index in [2.05, 4.69) is 4.98 Å². The number of aromatic hydroxyl groups is 1. The number of hydrogen-bond acceptors (Lipinski definition) is 4. The van der Waals surface area contributed by atoms with Gasteiger partial charge in [-0.15, -0.1) is 0 Å². The summed E-state index contributed by atoms with van der Waals surface area (Å²) < 4.78 is 7.24. The fourth-order valence-electron chi connectivity index (χ4n) is 1.37. The summed E-state index contributed by atoms with van der Waals surface area (Å²) in [5.41, 5.74) is 5.57. The molecule has 0 saturated carbocycles. The van der Waals surface area contributed by atoms with Crippen molar-refractivity contribution < 1.29 is 9.84 Å². The molecule has 84 valence electrons. The van der Waals surface area contributed by atoms with Gasteiger partial charge in [0.1, 0.15) is 5.82 Å². The molecular weight excluding hydrogens is 206 g/mol. The summed E-state index contributed by atoms with van der Waals surface area (Å²) in [6, 6.07) is 7.10. The Morgan fingerprint density at radius 2 is 2.19 bits per heavy atom. The summed E-state index contributed by atoms with van der Waals surface area (Å²) in [4.78, 5) is 4.03. The van der Waals surface area contributed by atoms with Crippen molar-refractivity contribution in [2.24, 2.45) is 0 Å². The lowest BCUT2D eigenvalue weighted by Crippen LogP contribution is -1.97. The van der Waals surface area contributed by atoms with Crippen LogP contribution in [0.3, 0.4) is 0 Å². The van der Waals surface area contributed by atoms with Crippen LogP contribution >= 0.6 is 0 Å². The number of benzene rings is 1. The zero-order valence-corrected chi connectivity index (χ0v) is 8.92. The zero-order chi connectivity index (χ0) is 11.5. The Morgan fingerprint density at radius 1 is 1.44 bits per heavy atom. The molecule has 0 fully saturated rings. The van der Waals surface area contributed by atoms with Gasteiger partial charge in [0.25, 0.3) is 0 Å². The van der Waals surface area contributed by atoms with Crippen molar-refractivity contribution in [2.45, 2.75) is 13.5 Å². The van der Waals surface area contributed by atoms with Crippen molar-refractivity contribution in [1.82, 2.24) is 9.55 Å². The predicted molar refractivity (Wildman–Crippen MR) is 60.5 cm³/mol. The van der Waals surface area contributed by atoms with E-state index in [1.807, 2.05) is 6.92 Å². The van der Waals surface area contributed by atoms with Crippen molar-refractivity contribution in [1.29, 1.82) is 0 Å². The van der Waals surface area contributed by atoms with Gasteiger partial charge in [0.2, 0.25) is 0 Å². The molecule has 0 radical (unpaired) electrons. The first-order valence-corrected chi connectivity index (χ1v) is 4.99. The molecule has 1 aromatic heterocycles. The van der Waals surface area contributed by atoms with Crippen LogP contribution in [0.4, 0.5) is 5.82 Å². The van der Waals surface area contributed by atoms with E-state index in [1.54, 1.807) is 35.0 Å². The van der Waals surface area contributed by atoms with Crippen LogP contribution in [0.5, 0.6) is 17.5 Å². The number of nitrogens with zero attached hydrogens (tertiary/aromatic N) is 2. The van der Waals surface area contributed by atoms with Gasteiger partial charge in [-0.3, -0.25) is 4.57 Å². The average Bonchev–Trinajstić information content (AvgIpc) is 2.62. The highest BCUT2D eigenvalue weighted by Crippen LogP contribution is 2.29. The molecule has 0 unspecified atom stereocenters. The Labute approximate surface area is 93.1 Å². The van der Waals surface area contributed by atoms with Gasteiger partial charge in [-0.05, 0) is 19.1 Å². The molecule has 0 aliphatic rings. The van der Waals surface area contributed by atoms with Crippen molar-refractivity contribution in [2.75, 3.05) is 5.73 Å². The van der Waals surface area contributed by atoms with Gasteiger partial charge < -0.3 is 15.6 Å². The van der Waals surface area contributed by atoms with Crippen LogP contribution < -0.4 is 10.5 Å². The number of para-hydroxylation sites is 2. The largest absolute Gasteiger partial charge is 0.504 e. The summed E-state index contributed by atoms with van der Waals surface area (Å²) in [7, 11) is 0. The van der Waals surface area contributed by atoms with E-state index in [-0.39, 0.29) is 5.75 Å². The maximum Gasteiger partial charge on any atom is 0.304 e. The van der Waals surface area contributed by atoms with Crippen LogP contribution in [0, 0.1) is 0 Å². The lowest BCUT2D eigenvalue weighted by atomic mass is 10.3. The molecule has 0 aliphatic heterocycles. The highest BCUT2D eigenvalue weighted by molar-refractivity contribution is 5.40. The third-order valence-corrected chi connectivity index (χ3v) is 2.17. The summed E-state index contributed by atoms with van der Waals surface area (Å²) >= 11 is 0. The number of phenols is 1. The molecule has 0 atom stereocenters. The first-order valence-electron chi connectivity index (χ1n) is 4.99. The average molecular weight is 219 g/mol. The quantitative estimate of drug-likeness (QED) is 0.827. The molecule has 1 heterocycles. The van der Waals surface area contributed by atoms with E-state index < -0.39 is 0 Å². The van der Waals surface area contributed by atoms with Crippen molar-refractivity contribution in [3.8, 4) is 17.5 Å². The van der Waals surface area contributed by atoms with Crippen LogP contribution in [0.1, 0.15) is 6.92 Å². The number of ether oxygens (including phenoxy) is 1. The first-order chi connectivity index (χ1) is 7.70. The van der Waals surface area contributed by atoms with Crippen molar-refractivity contribution in [3.63, 3.8) is 0 Å². The minimum absolute atomic E-state index is 0.0757. The second-order valence-corrected chi connectivity index (χ2v) is 3.30. The first kappa shape index (κ1) is 10.4. The molecule has 5 nitrogen and oxygen atoms in total. The van der Waals surface area contributed by atoms with E-state index in [1.165, 1.54) is 0 Å². The van der Waals surface area contributed by atoms with Gasteiger partial charge in [0, 0.05) is 6.54 Å². The van der Waals surface area contributed by atoms with Gasteiger partial charge in [-0.25, -0.2) is 0 Å². The number of anilines is 1. The number of phenolic OH excluding ortho intramolecular Hbond substituents is 1. The Hall–Kier alpha value is -2.17. The number of rotatable bonds is 3. The zero-order valence-electron chi connectivity index (χ0n) is 8.92. The SMILES string of the molecule is CCn1cc(N)nc1Oc1ccccc1O. The highest BCUT2D eigenvalue weighted by Gasteiger charge is 2.09. The topological polar surface area (TPSA) is 73.3 Å². The Morgan fingerprint density at radius 3 is 2.88 bits per heavy atom. The summed E-state index contributed by atoms with van der Waals surface area (Å²) in [6.07, 6.45) is 1.69.